The summed E-state index contributed by atoms with van der Waals surface area (Å²) in [5, 5.41) is 3.03. The highest BCUT2D eigenvalue weighted by molar-refractivity contribution is 7.89. The zero-order valence-electron chi connectivity index (χ0n) is 13.6. The molecule has 0 aromatic heterocycles. The van der Waals surface area contributed by atoms with E-state index in [1.54, 1.807) is 6.07 Å². The molecule has 0 spiro atoms. The molecule has 2 N–H and O–H groups in total. The maximum Gasteiger partial charge on any atom is 0.240 e. The normalized spacial score (nSPS) is 12.3. The molecule has 1 aromatic carbocycles. The van der Waals surface area contributed by atoms with Crippen LogP contribution in [0.15, 0.2) is 23.1 Å². The first-order chi connectivity index (χ1) is 9.77. The molecule has 120 valence electrons. The van der Waals surface area contributed by atoms with E-state index in [9.17, 15) is 8.42 Å². The predicted octanol–water partition coefficient (Wildman–Crippen LogP) is 1.33. The number of likely N-dealkylation sites (N-methyl/N-ethyl adjacent to an activating group) is 1. The topological polar surface area (TPSA) is 61.4 Å². The SMILES string of the molecule is CNCc1ccc(C)c(S(=O)(=O)NCCN(C)C(C)C)c1. The molecule has 0 aliphatic carbocycles. The molecule has 0 radical (unpaired) electrons. The van der Waals surface area contributed by atoms with Crippen molar-refractivity contribution < 1.29 is 8.42 Å². The van der Waals surface area contributed by atoms with Gasteiger partial charge in [0.05, 0.1) is 4.90 Å². The van der Waals surface area contributed by atoms with Crippen LogP contribution in [-0.2, 0) is 16.6 Å². The van der Waals surface area contributed by atoms with E-state index in [0.717, 1.165) is 11.1 Å². The summed E-state index contributed by atoms with van der Waals surface area (Å²) < 4.78 is 27.5. The Morgan fingerprint density at radius 1 is 1.29 bits per heavy atom. The van der Waals surface area contributed by atoms with Gasteiger partial charge in [0.1, 0.15) is 0 Å². The number of sulfonamides is 1. The minimum atomic E-state index is -3.46. The average Bonchev–Trinajstić information content (AvgIpc) is 2.40. The molecule has 0 unspecified atom stereocenters. The fourth-order valence-electron chi connectivity index (χ4n) is 1.94. The van der Waals surface area contributed by atoms with Crippen molar-refractivity contribution in [3.63, 3.8) is 0 Å². The van der Waals surface area contributed by atoms with Gasteiger partial charge in [-0.3, -0.25) is 0 Å². The fourth-order valence-corrected chi connectivity index (χ4v) is 3.25. The molecule has 1 aromatic rings. The van der Waals surface area contributed by atoms with E-state index in [1.807, 2.05) is 33.2 Å². The van der Waals surface area contributed by atoms with E-state index in [0.29, 0.717) is 30.6 Å². The monoisotopic (exact) mass is 313 g/mol. The van der Waals surface area contributed by atoms with Gasteiger partial charge in [-0.05, 0) is 52.1 Å². The largest absolute Gasteiger partial charge is 0.316 e. The number of aryl methyl sites for hydroxylation is 1. The van der Waals surface area contributed by atoms with Crippen molar-refractivity contribution >= 4 is 10.0 Å². The lowest BCUT2D eigenvalue weighted by atomic mass is 10.1. The van der Waals surface area contributed by atoms with E-state index < -0.39 is 10.0 Å². The highest BCUT2D eigenvalue weighted by atomic mass is 32.2. The molecule has 0 saturated heterocycles. The highest BCUT2D eigenvalue weighted by Gasteiger charge is 2.17. The van der Waals surface area contributed by atoms with Crippen LogP contribution in [0, 0.1) is 6.92 Å². The molecule has 0 fully saturated rings. The zero-order chi connectivity index (χ0) is 16.0. The molecule has 0 aliphatic rings. The Balaban J connectivity index is 2.80. The lowest BCUT2D eigenvalue weighted by Gasteiger charge is -2.21. The molecule has 1 rings (SSSR count). The summed E-state index contributed by atoms with van der Waals surface area (Å²) in [5.41, 5.74) is 1.72. The van der Waals surface area contributed by atoms with Crippen LogP contribution in [0.25, 0.3) is 0 Å². The maximum atomic E-state index is 12.4. The van der Waals surface area contributed by atoms with Crippen LogP contribution < -0.4 is 10.0 Å². The fraction of sp³-hybridized carbons (Fsp3) is 0.600. The summed E-state index contributed by atoms with van der Waals surface area (Å²) in [5.74, 6) is 0. The Labute approximate surface area is 128 Å². The molecular weight excluding hydrogens is 286 g/mol. The van der Waals surface area contributed by atoms with Crippen LogP contribution in [0.3, 0.4) is 0 Å². The molecule has 0 heterocycles. The molecule has 0 amide bonds. The second-order valence-corrected chi connectivity index (χ2v) is 7.34. The van der Waals surface area contributed by atoms with Crippen LogP contribution in [0.2, 0.25) is 0 Å². The van der Waals surface area contributed by atoms with Crippen LogP contribution in [0.4, 0.5) is 0 Å². The minimum absolute atomic E-state index is 0.363. The highest BCUT2D eigenvalue weighted by Crippen LogP contribution is 2.17. The van der Waals surface area contributed by atoms with Crippen LogP contribution in [0.1, 0.15) is 25.0 Å². The van der Waals surface area contributed by atoms with E-state index in [4.69, 9.17) is 0 Å². The number of benzene rings is 1. The minimum Gasteiger partial charge on any atom is -0.316 e. The third kappa shape index (κ3) is 5.39. The Bertz CT molecular complexity index is 556. The first kappa shape index (κ1) is 18.1. The van der Waals surface area contributed by atoms with Crippen molar-refractivity contribution in [1.82, 2.24) is 14.9 Å². The Morgan fingerprint density at radius 2 is 1.95 bits per heavy atom. The van der Waals surface area contributed by atoms with Gasteiger partial charge in [-0.2, -0.15) is 0 Å². The van der Waals surface area contributed by atoms with E-state index in [1.165, 1.54) is 0 Å². The van der Waals surface area contributed by atoms with Gasteiger partial charge in [-0.1, -0.05) is 12.1 Å². The first-order valence-corrected chi connectivity index (χ1v) is 8.70. The van der Waals surface area contributed by atoms with Gasteiger partial charge in [-0.25, -0.2) is 13.1 Å². The first-order valence-electron chi connectivity index (χ1n) is 7.22. The quantitative estimate of drug-likeness (QED) is 0.760. The lowest BCUT2D eigenvalue weighted by molar-refractivity contribution is 0.278. The van der Waals surface area contributed by atoms with Crippen molar-refractivity contribution in [1.29, 1.82) is 0 Å². The second-order valence-electron chi connectivity index (χ2n) is 5.60. The van der Waals surface area contributed by atoms with Gasteiger partial charge >= 0.3 is 0 Å². The number of rotatable bonds is 8. The van der Waals surface area contributed by atoms with Gasteiger partial charge in [0.15, 0.2) is 0 Å². The lowest BCUT2D eigenvalue weighted by Crippen LogP contribution is -2.36. The van der Waals surface area contributed by atoms with Crippen molar-refractivity contribution in [3.05, 3.63) is 29.3 Å². The van der Waals surface area contributed by atoms with Crippen LogP contribution >= 0.6 is 0 Å². The third-order valence-corrected chi connectivity index (χ3v) is 5.16. The maximum absolute atomic E-state index is 12.4. The molecular formula is C15H27N3O2S. The average molecular weight is 313 g/mol. The molecule has 0 bridgehead atoms. The summed E-state index contributed by atoms with van der Waals surface area (Å²) in [6, 6.07) is 5.93. The zero-order valence-corrected chi connectivity index (χ0v) is 14.4. The molecule has 0 aliphatic heterocycles. The van der Waals surface area contributed by atoms with E-state index in [2.05, 4.69) is 28.8 Å². The van der Waals surface area contributed by atoms with Crippen LogP contribution in [0.5, 0.6) is 0 Å². The Hall–Kier alpha value is -0.950. The molecule has 5 nitrogen and oxygen atoms in total. The second kappa shape index (κ2) is 7.89. The van der Waals surface area contributed by atoms with Crippen molar-refractivity contribution in [2.24, 2.45) is 0 Å². The van der Waals surface area contributed by atoms with Crippen molar-refractivity contribution in [2.75, 3.05) is 27.2 Å². The van der Waals surface area contributed by atoms with Crippen molar-refractivity contribution in [3.8, 4) is 0 Å². The summed E-state index contributed by atoms with van der Waals surface area (Å²) >= 11 is 0. The molecule has 0 atom stereocenters. The summed E-state index contributed by atoms with van der Waals surface area (Å²) in [6.07, 6.45) is 0. The van der Waals surface area contributed by atoms with E-state index in [-0.39, 0.29) is 0 Å². The third-order valence-electron chi connectivity index (χ3n) is 3.56. The van der Waals surface area contributed by atoms with Gasteiger partial charge < -0.3 is 10.2 Å². The number of nitrogens with zero attached hydrogens (tertiary/aromatic N) is 1. The van der Waals surface area contributed by atoms with Gasteiger partial charge in [0.25, 0.3) is 0 Å². The summed E-state index contributed by atoms with van der Waals surface area (Å²) in [6.45, 7) is 7.73. The number of hydrogen-bond acceptors (Lipinski definition) is 4. The van der Waals surface area contributed by atoms with Gasteiger partial charge in [-0.15, -0.1) is 0 Å². The van der Waals surface area contributed by atoms with Gasteiger partial charge in [0.2, 0.25) is 10.0 Å². The van der Waals surface area contributed by atoms with E-state index >= 15 is 0 Å². The molecule has 0 saturated carbocycles. The molecule has 6 heteroatoms. The Kier molecular flexibility index (Phi) is 6.80. The van der Waals surface area contributed by atoms with Crippen LogP contribution in [-0.4, -0.2) is 46.5 Å². The Morgan fingerprint density at radius 3 is 2.52 bits per heavy atom. The van der Waals surface area contributed by atoms with Crippen molar-refractivity contribution in [2.45, 2.75) is 38.3 Å². The predicted molar refractivity (Wildman–Crippen MR) is 86.9 cm³/mol. The molecule has 21 heavy (non-hydrogen) atoms. The summed E-state index contributed by atoms with van der Waals surface area (Å²) in [4.78, 5) is 2.47. The standard InChI is InChI=1S/C15H27N3O2S/c1-12(2)18(5)9-8-17-21(19,20)15-10-14(11-16-4)7-6-13(15)3/h6-7,10,12,16-17H,8-9,11H2,1-5H3. The number of nitrogens with one attached hydrogen (secondary N) is 2. The smallest absolute Gasteiger partial charge is 0.240 e. The summed E-state index contributed by atoms with van der Waals surface area (Å²) in [7, 11) is 0.368. The van der Waals surface area contributed by atoms with Gasteiger partial charge in [0, 0.05) is 25.7 Å². The number of hydrogen-bond donors (Lipinski definition) is 2.